The molecule has 0 saturated heterocycles. The second kappa shape index (κ2) is 8.94. The summed E-state index contributed by atoms with van der Waals surface area (Å²) in [6.07, 6.45) is 3.87. The van der Waals surface area contributed by atoms with Gasteiger partial charge in [-0.1, -0.05) is 56.3 Å². The molecule has 5 heteroatoms. The number of hydrogen-bond acceptors (Lipinski definition) is 4. The standard InChI is InChI=1S/C22H24N4O/c1-16(2)18-8-10-20(11-9-18)26-22-24-14-19(15-25-22)21(27)23-13-12-17-6-4-3-5-7-17/h3-11,14-16H,12-13H2,1-2H3,(H,23,27)(H,24,25,26). The summed E-state index contributed by atoms with van der Waals surface area (Å²) in [7, 11) is 0. The molecule has 1 aromatic heterocycles. The third-order valence-corrected chi connectivity index (χ3v) is 4.29. The van der Waals surface area contributed by atoms with Gasteiger partial charge in [-0.25, -0.2) is 9.97 Å². The summed E-state index contributed by atoms with van der Waals surface area (Å²) in [6.45, 7) is 4.90. The van der Waals surface area contributed by atoms with Crippen molar-refractivity contribution < 1.29 is 4.79 Å². The maximum atomic E-state index is 12.2. The van der Waals surface area contributed by atoms with Crippen molar-refractivity contribution in [1.82, 2.24) is 15.3 Å². The van der Waals surface area contributed by atoms with Crippen LogP contribution in [0.5, 0.6) is 0 Å². The lowest BCUT2D eigenvalue weighted by atomic mass is 10.0. The smallest absolute Gasteiger partial charge is 0.254 e. The van der Waals surface area contributed by atoms with Crippen molar-refractivity contribution in [1.29, 1.82) is 0 Å². The minimum absolute atomic E-state index is 0.168. The molecular formula is C22H24N4O. The summed E-state index contributed by atoms with van der Waals surface area (Å²) in [6, 6.07) is 18.2. The van der Waals surface area contributed by atoms with Crippen LogP contribution in [0.3, 0.4) is 0 Å². The van der Waals surface area contributed by atoms with E-state index in [1.807, 2.05) is 42.5 Å². The topological polar surface area (TPSA) is 66.9 Å². The molecule has 0 aliphatic heterocycles. The molecule has 0 aliphatic carbocycles. The molecule has 2 N–H and O–H groups in total. The molecule has 0 saturated carbocycles. The van der Waals surface area contributed by atoms with E-state index in [2.05, 4.69) is 46.6 Å². The maximum Gasteiger partial charge on any atom is 0.254 e. The third kappa shape index (κ3) is 5.38. The maximum absolute atomic E-state index is 12.2. The molecule has 0 aliphatic rings. The first-order valence-corrected chi connectivity index (χ1v) is 9.13. The van der Waals surface area contributed by atoms with E-state index in [1.54, 1.807) is 0 Å². The average Bonchev–Trinajstić information content (AvgIpc) is 2.70. The highest BCUT2D eigenvalue weighted by molar-refractivity contribution is 5.93. The first-order valence-electron chi connectivity index (χ1n) is 9.13. The zero-order chi connectivity index (χ0) is 19.1. The van der Waals surface area contributed by atoms with Gasteiger partial charge < -0.3 is 10.6 Å². The van der Waals surface area contributed by atoms with Crippen LogP contribution in [-0.4, -0.2) is 22.4 Å². The van der Waals surface area contributed by atoms with E-state index in [0.717, 1.165) is 12.1 Å². The number of rotatable bonds is 7. The predicted octanol–water partition coefficient (Wildman–Crippen LogP) is 4.32. The Morgan fingerprint density at radius 1 is 0.963 bits per heavy atom. The van der Waals surface area contributed by atoms with Crippen LogP contribution >= 0.6 is 0 Å². The number of hydrogen-bond donors (Lipinski definition) is 2. The lowest BCUT2D eigenvalue weighted by molar-refractivity contribution is 0.0953. The molecule has 0 unspecified atom stereocenters. The highest BCUT2D eigenvalue weighted by Gasteiger charge is 2.07. The van der Waals surface area contributed by atoms with E-state index in [9.17, 15) is 4.79 Å². The van der Waals surface area contributed by atoms with Crippen molar-refractivity contribution in [3.05, 3.63) is 83.7 Å². The molecule has 3 aromatic rings. The van der Waals surface area contributed by atoms with Gasteiger partial charge in [0.15, 0.2) is 0 Å². The fourth-order valence-electron chi connectivity index (χ4n) is 2.66. The van der Waals surface area contributed by atoms with Crippen LogP contribution in [0.2, 0.25) is 0 Å². The van der Waals surface area contributed by atoms with Crippen LogP contribution in [0.4, 0.5) is 11.6 Å². The van der Waals surface area contributed by atoms with Crippen molar-refractivity contribution in [2.75, 3.05) is 11.9 Å². The number of nitrogens with zero attached hydrogens (tertiary/aromatic N) is 2. The Morgan fingerprint density at radius 3 is 2.26 bits per heavy atom. The van der Waals surface area contributed by atoms with Gasteiger partial charge in [-0.3, -0.25) is 4.79 Å². The monoisotopic (exact) mass is 360 g/mol. The molecule has 2 aromatic carbocycles. The third-order valence-electron chi connectivity index (χ3n) is 4.29. The van der Waals surface area contributed by atoms with Gasteiger partial charge in [-0.15, -0.1) is 0 Å². The number of nitrogens with one attached hydrogen (secondary N) is 2. The Hall–Kier alpha value is -3.21. The average molecular weight is 360 g/mol. The molecular weight excluding hydrogens is 336 g/mol. The lowest BCUT2D eigenvalue weighted by Crippen LogP contribution is -2.26. The quantitative estimate of drug-likeness (QED) is 0.659. The molecule has 3 rings (SSSR count). The number of carbonyl (C=O) groups is 1. The van der Waals surface area contributed by atoms with E-state index in [4.69, 9.17) is 0 Å². The van der Waals surface area contributed by atoms with Gasteiger partial charge in [-0.2, -0.15) is 0 Å². The van der Waals surface area contributed by atoms with Crippen molar-refractivity contribution in [2.24, 2.45) is 0 Å². The molecule has 0 bridgehead atoms. The summed E-state index contributed by atoms with van der Waals surface area (Å²) in [5.41, 5.74) is 3.84. The largest absolute Gasteiger partial charge is 0.352 e. The molecule has 138 valence electrons. The number of amides is 1. The number of carbonyl (C=O) groups excluding carboxylic acids is 1. The Labute approximate surface area is 159 Å². The van der Waals surface area contributed by atoms with E-state index in [0.29, 0.717) is 24.0 Å². The number of anilines is 2. The fourth-order valence-corrected chi connectivity index (χ4v) is 2.66. The molecule has 0 radical (unpaired) electrons. The highest BCUT2D eigenvalue weighted by atomic mass is 16.1. The molecule has 0 fully saturated rings. The van der Waals surface area contributed by atoms with Gasteiger partial charge in [0, 0.05) is 24.6 Å². The van der Waals surface area contributed by atoms with Crippen LogP contribution in [0.15, 0.2) is 67.0 Å². The van der Waals surface area contributed by atoms with Gasteiger partial charge in [-0.05, 0) is 35.6 Å². The zero-order valence-electron chi connectivity index (χ0n) is 15.6. The van der Waals surface area contributed by atoms with E-state index in [-0.39, 0.29) is 5.91 Å². The Morgan fingerprint density at radius 2 is 1.63 bits per heavy atom. The van der Waals surface area contributed by atoms with Gasteiger partial charge in [0.1, 0.15) is 0 Å². The normalized spacial score (nSPS) is 10.6. The van der Waals surface area contributed by atoms with Crippen LogP contribution in [-0.2, 0) is 6.42 Å². The van der Waals surface area contributed by atoms with Crippen molar-refractivity contribution >= 4 is 17.5 Å². The van der Waals surface area contributed by atoms with Crippen LogP contribution < -0.4 is 10.6 Å². The van der Waals surface area contributed by atoms with Crippen molar-refractivity contribution in [3.8, 4) is 0 Å². The first-order chi connectivity index (χ1) is 13.1. The Balaban J connectivity index is 1.52. The second-order valence-corrected chi connectivity index (χ2v) is 6.69. The van der Waals surface area contributed by atoms with Crippen LogP contribution in [0.1, 0.15) is 41.3 Å². The van der Waals surface area contributed by atoms with Crippen LogP contribution in [0.25, 0.3) is 0 Å². The van der Waals surface area contributed by atoms with Gasteiger partial charge >= 0.3 is 0 Å². The summed E-state index contributed by atoms with van der Waals surface area (Å²) in [4.78, 5) is 20.7. The molecule has 27 heavy (non-hydrogen) atoms. The number of benzene rings is 2. The Kier molecular flexibility index (Phi) is 6.15. The van der Waals surface area contributed by atoms with Crippen molar-refractivity contribution in [2.45, 2.75) is 26.2 Å². The summed E-state index contributed by atoms with van der Waals surface area (Å²) >= 11 is 0. The minimum atomic E-state index is -0.168. The minimum Gasteiger partial charge on any atom is -0.352 e. The van der Waals surface area contributed by atoms with Crippen molar-refractivity contribution in [3.63, 3.8) is 0 Å². The Bertz CT molecular complexity index is 859. The summed E-state index contributed by atoms with van der Waals surface area (Å²) in [5, 5.41) is 6.04. The molecule has 0 atom stereocenters. The molecule has 0 spiro atoms. The highest BCUT2D eigenvalue weighted by Crippen LogP contribution is 2.18. The first kappa shape index (κ1) is 18.6. The molecule has 1 heterocycles. The predicted molar refractivity (Wildman–Crippen MR) is 108 cm³/mol. The number of aromatic nitrogens is 2. The molecule has 1 amide bonds. The summed E-state index contributed by atoms with van der Waals surface area (Å²) in [5.74, 6) is 0.793. The summed E-state index contributed by atoms with van der Waals surface area (Å²) < 4.78 is 0. The fraction of sp³-hybridized carbons (Fsp3) is 0.227. The molecule has 5 nitrogen and oxygen atoms in total. The van der Waals surface area contributed by atoms with E-state index in [1.165, 1.54) is 23.5 Å². The van der Waals surface area contributed by atoms with Crippen LogP contribution in [0, 0.1) is 0 Å². The van der Waals surface area contributed by atoms with Gasteiger partial charge in [0.2, 0.25) is 5.95 Å². The SMILES string of the molecule is CC(C)c1ccc(Nc2ncc(C(=O)NCCc3ccccc3)cn2)cc1. The zero-order valence-corrected chi connectivity index (χ0v) is 15.6. The van der Waals surface area contributed by atoms with Gasteiger partial charge in [0.25, 0.3) is 5.91 Å². The van der Waals surface area contributed by atoms with E-state index < -0.39 is 0 Å². The van der Waals surface area contributed by atoms with E-state index >= 15 is 0 Å². The second-order valence-electron chi connectivity index (χ2n) is 6.69. The lowest BCUT2D eigenvalue weighted by Gasteiger charge is -2.09. The van der Waals surface area contributed by atoms with Gasteiger partial charge in [0.05, 0.1) is 5.56 Å².